The molecule has 1 unspecified atom stereocenters. The molecule has 266 valence electrons. The Hall–Kier alpha value is -2.97. The van der Waals surface area contributed by atoms with Crippen molar-refractivity contribution in [2.24, 2.45) is 22.7 Å². The largest absolute Gasteiger partial charge is 0.587 e. The lowest BCUT2D eigenvalue weighted by Gasteiger charge is -2.41. The van der Waals surface area contributed by atoms with Gasteiger partial charge in [-0.25, -0.2) is 4.79 Å². The first-order valence-electron chi connectivity index (χ1n) is 16.8. The van der Waals surface area contributed by atoms with Crippen molar-refractivity contribution >= 4 is 41.4 Å². The van der Waals surface area contributed by atoms with E-state index in [9.17, 15) is 28.2 Å². The minimum atomic E-state index is -1.00. The Bertz CT molecular complexity index is 1140. The van der Waals surface area contributed by atoms with Crippen molar-refractivity contribution < 1.29 is 28.2 Å². The highest BCUT2D eigenvalue weighted by molar-refractivity contribution is 7.63. The van der Waals surface area contributed by atoms with Crippen LogP contribution in [0.3, 0.4) is 0 Å². The third-order valence-electron chi connectivity index (χ3n) is 9.01. The van der Waals surface area contributed by atoms with Crippen LogP contribution in [0.5, 0.6) is 0 Å². The summed E-state index contributed by atoms with van der Waals surface area (Å²) in [5, 5.41) is 11.7. The first kappa shape index (κ1) is 40.2. The summed E-state index contributed by atoms with van der Waals surface area (Å²) in [7, 11) is 1.71. The Morgan fingerprint density at radius 2 is 1.70 bits per heavy atom. The van der Waals surface area contributed by atoms with Gasteiger partial charge >= 0.3 is 17.9 Å². The molecule has 0 aromatic heterocycles. The van der Waals surface area contributed by atoms with Gasteiger partial charge in [0.25, 0.3) is 5.91 Å². The Kier molecular flexibility index (Phi) is 15.4. The number of unbranched alkanes of at least 4 members (excludes halogenated alkanes) is 1. The van der Waals surface area contributed by atoms with Crippen molar-refractivity contribution in [3.63, 3.8) is 0 Å². The summed E-state index contributed by atoms with van der Waals surface area (Å²) in [6.07, 6.45) is 4.76. The fraction of sp³-hybridized carbons (Fsp3) is 0.788. The maximum atomic E-state index is 14.2. The molecular formula is C33H58N7O6S+. The summed E-state index contributed by atoms with van der Waals surface area (Å²) in [6, 6.07) is -3.32. The topological polar surface area (TPSA) is 169 Å². The lowest BCUT2D eigenvalue weighted by atomic mass is 9.84. The van der Waals surface area contributed by atoms with E-state index >= 15 is 0 Å². The van der Waals surface area contributed by atoms with Crippen molar-refractivity contribution in [3.8, 4) is 0 Å². The molecule has 1 heterocycles. The highest BCUT2D eigenvalue weighted by Gasteiger charge is 2.58. The SMILES string of the molecule is C=CCNC(=O)C(=O)C(CCCC)NC(=O)[C@@H]1[C@H]2C[C@H]2CN1C(=O)[C@@H](NC(=O)N(C)[C@H](CNCCCN[S+]=O)C(C)(C)C)C(C)(C)C. The zero-order chi connectivity index (χ0) is 35.5. The standard InChI is InChI=1S/C33H57N7O6S/c1-10-12-14-23(26(41)29(43)35-15-11-2)37-28(42)25-22-18-21(22)20-40(25)30(44)27(33(6,7)8)38-31(45)39(9)24(32(3,4)5)19-34-16-13-17-36-47-46/h11,21-25,27,34H,2,10,12-20H2,1,3-9H3,(H3-,35,36,37,38,42,43,45,46)/p+1/t21-,22-,23?,24+,25-,27+/m0/s1. The molecule has 1 saturated heterocycles. The van der Waals surface area contributed by atoms with E-state index < -0.39 is 47.2 Å². The van der Waals surface area contributed by atoms with Crippen LogP contribution in [0, 0.1) is 22.7 Å². The van der Waals surface area contributed by atoms with Gasteiger partial charge in [-0.15, -0.1) is 6.58 Å². The fourth-order valence-electron chi connectivity index (χ4n) is 6.14. The summed E-state index contributed by atoms with van der Waals surface area (Å²) in [5.74, 6) is -2.16. The molecular weight excluding hydrogens is 622 g/mol. The number of carbonyl (C=O) groups is 5. The molecule has 2 aliphatic rings. The number of nitrogens with one attached hydrogen (secondary N) is 5. The molecule has 5 N–H and O–H groups in total. The number of Topliss-reactive ketones (excluding diaryl/α,β-unsaturated/α-hetero) is 1. The highest BCUT2D eigenvalue weighted by atomic mass is 32.2. The van der Waals surface area contributed by atoms with Gasteiger partial charge in [-0.2, -0.15) is 0 Å². The molecule has 1 aliphatic carbocycles. The first-order valence-corrected chi connectivity index (χ1v) is 17.5. The lowest BCUT2D eigenvalue weighted by Crippen LogP contribution is -2.62. The van der Waals surface area contributed by atoms with Gasteiger partial charge in [0.2, 0.25) is 17.6 Å². The van der Waals surface area contributed by atoms with Gasteiger partial charge in [0.15, 0.2) is 0 Å². The van der Waals surface area contributed by atoms with Crippen molar-refractivity contribution in [2.75, 3.05) is 39.8 Å². The number of hydrogen-bond donors (Lipinski definition) is 5. The molecule has 0 spiro atoms. The predicted octanol–water partition coefficient (Wildman–Crippen LogP) is 1.76. The molecule has 47 heavy (non-hydrogen) atoms. The van der Waals surface area contributed by atoms with Crippen LogP contribution in [0.4, 0.5) is 4.79 Å². The zero-order valence-corrected chi connectivity index (χ0v) is 30.4. The van der Waals surface area contributed by atoms with Crippen LogP contribution in [-0.2, 0) is 35.2 Å². The monoisotopic (exact) mass is 680 g/mol. The normalized spacial score (nSPS) is 20.7. The summed E-state index contributed by atoms with van der Waals surface area (Å²) < 4.78 is 13.2. The Morgan fingerprint density at radius 1 is 1.02 bits per heavy atom. The number of likely N-dealkylation sites (tertiary alicyclic amines) is 1. The molecule has 0 radical (unpaired) electrons. The molecule has 2 fully saturated rings. The smallest absolute Gasteiger partial charge is 0.346 e. The molecule has 13 nitrogen and oxygen atoms in total. The second kappa shape index (κ2) is 18.0. The number of ketones is 1. The number of carbonyl (C=O) groups excluding carboxylic acids is 5. The van der Waals surface area contributed by atoms with Gasteiger partial charge in [-0.3, -0.25) is 19.2 Å². The van der Waals surface area contributed by atoms with Crippen LogP contribution in [0.1, 0.15) is 80.6 Å². The van der Waals surface area contributed by atoms with Gasteiger partial charge in [-0.1, -0.05) is 67.4 Å². The van der Waals surface area contributed by atoms with Crippen molar-refractivity contribution in [2.45, 2.75) is 105 Å². The molecule has 0 aromatic carbocycles. The minimum Gasteiger partial charge on any atom is -0.346 e. The average molecular weight is 681 g/mol. The average Bonchev–Trinajstić information content (AvgIpc) is 3.66. The van der Waals surface area contributed by atoms with E-state index in [1.807, 2.05) is 48.5 Å². The van der Waals surface area contributed by atoms with E-state index in [2.05, 4.69) is 32.6 Å². The van der Waals surface area contributed by atoms with Gasteiger partial charge in [0, 0.05) is 26.7 Å². The minimum absolute atomic E-state index is 0.0340. The number of nitrogens with zero attached hydrogens (tertiary/aromatic N) is 2. The summed E-state index contributed by atoms with van der Waals surface area (Å²) in [4.78, 5) is 70.4. The molecule has 5 amide bonds. The van der Waals surface area contributed by atoms with Gasteiger partial charge in [0.1, 0.15) is 12.1 Å². The second-order valence-corrected chi connectivity index (χ2v) is 15.4. The number of amides is 5. The molecule has 2 rings (SSSR count). The Morgan fingerprint density at radius 3 is 2.28 bits per heavy atom. The number of likely N-dealkylation sites (N-methyl/N-ethyl adjacent to an activating group) is 1. The van der Waals surface area contributed by atoms with Gasteiger partial charge in [0.05, 0.1) is 22.8 Å². The summed E-state index contributed by atoms with van der Waals surface area (Å²) in [6.45, 7) is 19.6. The second-order valence-electron chi connectivity index (χ2n) is 14.9. The maximum Gasteiger partial charge on any atom is 0.587 e. The first-order chi connectivity index (χ1) is 22.0. The molecule has 0 bridgehead atoms. The molecule has 0 aromatic rings. The van der Waals surface area contributed by atoms with Crippen molar-refractivity contribution in [3.05, 3.63) is 12.7 Å². The number of rotatable bonds is 19. The van der Waals surface area contributed by atoms with E-state index in [1.165, 1.54) is 6.08 Å². The highest BCUT2D eigenvalue weighted by Crippen LogP contribution is 2.50. The van der Waals surface area contributed by atoms with Crippen LogP contribution in [-0.4, -0.2) is 103 Å². The fourth-order valence-corrected chi connectivity index (χ4v) is 6.37. The summed E-state index contributed by atoms with van der Waals surface area (Å²) >= 11 is 0.338. The van der Waals surface area contributed by atoms with Crippen LogP contribution < -0.4 is 26.0 Å². The number of fused-ring (bicyclic) bond motifs is 1. The van der Waals surface area contributed by atoms with Gasteiger partial charge < -0.3 is 31.1 Å². The van der Waals surface area contributed by atoms with Crippen LogP contribution in [0.2, 0.25) is 0 Å². The zero-order valence-electron chi connectivity index (χ0n) is 29.6. The summed E-state index contributed by atoms with van der Waals surface area (Å²) in [5.41, 5.74) is -0.955. The van der Waals surface area contributed by atoms with Crippen molar-refractivity contribution in [1.29, 1.82) is 0 Å². The van der Waals surface area contributed by atoms with E-state index in [4.69, 9.17) is 0 Å². The molecule has 1 aliphatic heterocycles. The van der Waals surface area contributed by atoms with E-state index in [1.54, 1.807) is 16.8 Å². The van der Waals surface area contributed by atoms with E-state index in [0.29, 0.717) is 50.9 Å². The Labute approximate surface area is 284 Å². The third kappa shape index (κ3) is 11.6. The predicted molar refractivity (Wildman–Crippen MR) is 183 cm³/mol. The van der Waals surface area contributed by atoms with Crippen LogP contribution >= 0.6 is 0 Å². The van der Waals surface area contributed by atoms with E-state index in [-0.39, 0.29) is 35.7 Å². The lowest BCUT2D eigenvalue weighted by molar-refractivity contribution is -0.144. The number of urea groups is 1. The maximum absolute atomic E-state index is 14.2. The molecule has 6 atom stereocenters. The van der Waals surface area contributed by atoms with E-state index in [0.717, 1.165) is 19.3 Å². The van der Waals surface area contributed by atoms with Crippen LogP contribution in [0.15, 0.2) is 12.7 Å². The molecule has 1 saturated carbocycles. The number of piperidine rings is 1. The third-order valence-corrected chi connectivity index (χ3v) is 9.33. The van der Waals surface area contributed by atoms with Gasteiger partial charge in [-0.05, 0) is 53.2 Å². The number of hydrogen-bond acceptors (Lipinski definition) is 7. The van der Waals surface area contributed by atoms with Crippen LogP contribution in [0.25, 0.3) is 0 Å². The molecule has 14 heteroatoms. The quantitative estimate of drug-likeness (QED) is 0.0455. The Balaban J connectivity index is 2.21. The van der Waals surface area contributed by atoms with Crippen molar-refractivity contribution in [1.82, 2.24) is 35.8 Å².